The lowest BCUT2D eigenvalue weighted by Crippen LogP contribution is -2.08. The summed E-state index contributed by atoms with van der Waals surface area (Å²) in [6.07, 6.45) is -0.0244. The number of aryl methyl sites for hydroxylation is 1. The van der Waals surface area contributed by atoms with Crippen LogP contribution in [0.1, 0.15) is 30.6 Å². The fourth-order valence-corrected chi connectivity index (χ4v) is 1.84. The van der Waals surface area contributed by atoms with Crippen LogP contribution in [0, 0.1) is 6.92 Å². The van der Waals surface area contributed by atoms with Crippen molar-refractivity contribution >= 4 is 11.6 Å². The average molecular weight is 244 g/mol. The summed E-state index contributed by atoms with van der Waals surface area (Å²) in [5.41, 5.74) is 7.20. The maximum absolute atomic E-state index is 9.87. The quantitative estimate of drug-likeness (QED) is 0.835. The van der Waals surface area contributed by atoms with Crippen molar-refractivity contribution in [3.05, 3.63) is 28.3 Å². The molecule has 1 unspecified atom stereocenters. The van der Waals surface area contributed by atoms with E-state index in [9.17, 15) is 5.11 Å². The van der Waals surface area contributed by atoms with E-state index in [-0.39, 0.29) is 0 Å². The zero-order valence-electron chi connectivity index (χ0n) is 9.66. The van der Waals surface area contributed by atoms with Crippen LogP contribution < -0.4 is 10.5 Å². The minimum atomic E-state index is -0.557. The van der Waals surface area contributed by atoms with Gasteiger partial charge in [-0.3, -0.25) is 0 Å². The zero-order chi connectivity index (χ0) is 12.1. The first kappa shape index (κ1) is 13.3. The Morgan fingerprint density at radius 1 is 1.50 bits per heavy atom. The van der Waals surface area contributed by atoms with Crippen LogP contribution in [0.3, 0.4) is 0 Å². The molecule has 3 nitrogen and oxygen atoms in total. The molecule has 1 atom stereocenters. The van der Waals surface area contributed by atoms with Crippen LogP contribution in [-0.4, -0.2) is 18.3 Å². The molecule has 0 aromatic heterocycles. The minimum absolute atomic E-state index is 0.450. The zero-order valence-corrected chi connectivity index (χ0v) is 10.4. The Labute approximate surface area is 101 Å². The smallest absolute Gasteiger partial charge is 0.138 e. The fourth-order valence-electron chi connectivity index (χ4n) is 1.61. The number of halogens is 1. The summed E-state index contributed by atoms with van der Waals surface area (Å²) in [7, 11) is 0. The van der Waals surface area contributed by atoms with Gasteiger partial charge >= 0.3 is 0 Å². The third-order valence-electron chi connectivity index (χ3n) is 2.42. The van der Waals surface area contributed by atoms with Crippen molar-refractivity contribution in [1.29, 1.82) is 0 Å². The van der Waals surface area contributed by atoms with Gasteiger partial charge in [0.15, 0.2) is 0 Å². The molecule has 16 heavy (non-hydrogen) atoms. The van der Waals surface area contributed by atoms with E-state index in [1.165, 1.54) is 0 Å². The highest BCUT2D eigenvalue weighted by molar-refractivity contribution is 6.32. The van der Waals surface area contributed by atoms with E-state index in [2.05, 4.69) is 0 Å². The Balaban J connectivity index is 3.00. The highest BCUT2D eigenvalue weighted by Gasteiger charge is 2.13. The molecule has 0 fully saturated rings. The maximum atomic E-state index is 9.87. The summed E-state index contributed by atoms with van der Waals surface area (Å²) in [5.74, 6) is 0.658. The molecule has 0 saturated heterocycles. The van der Waals surface area contributed by atoms with Crippen molar-refractivity contribution in [1.82, 2.24) is 0 Å². The molecule has 1 aromatic carbocycles. The summed E-state index contributed by atoms with van der Waals surface area (Å²) >= 11 is 6.06. The highest BCUT2D eigenvalue weighted by atomic mass is 35.5. The van der Waals surface area contributed by atoms with Crippen LogP contribution in [0.15, 0.2) is 12.1 Å². The molecule has 90 valence electrons. The van der Waals surface area contributed by atoms with Crippen molar-refractivity contribution in [2.45, 2.75) is 26.4 Å². The van der Waals surface area contributed by atoms with Gasteiger partial charge in [-0.05, 0) is 50.1 Å². The minimum Gasteiger partial charge on any atom is -0.492 e. The first-order valence-corrected chi connectivity index (χ1v) is 5.78. The summed E-state index contributed by atoms with van der Waals surface area (Å²) < 4.78 is 5.37. The SMILES string of the molecule is CCOc1cc(C)c(C(O)CCN)cc1Cl. The monoisotopic (exact) mass is 243 g/mol. The molecule has 1 rings (SSSR count). The standard InChI is InChI=1S/C12H18ClNO2/c1-3-16-12-6-8(2)9(7-10(12)13)11(15)4-5-14/h6-7,11,15H,3-5,14H2,1-2H3. The van der Waals surface area contributed by atoms with E-state index in [4.69, 9.17) is 22.1 Å². The molecule has 0 spiro atoms. The number of aliphatic hydroxyl groups excluding tert-OH is 1. The van der Waals surface area contributed by atoms with Crippen molar-refractivity contribution in [2.75, 3.05) is 13.2 Å². The molecule has 4 heteroatoms. The summed E-state index contributed by atoms with van der Waals surface area (Å²) in [6.45, 7) is 4.85. The predicted octanol–water partition coefficient (Wildman–Crippen LogP) is 2.43. The van der Waals surface area contributed by atoms with Crippen molar-refractivity contribution in [2.24, 2.45) is 5.73 Å². The number of nitrogens with two attached hydrogens (primary N) is 1. The van der Waals surface area contributed by atoms with E-state index in [1.54, 1.807) is 6.07 Å². The lowest BCUT2D eigenvalue weighted by molar-refractivity contribution is 0.169. The second kappa shape index (κ2) is 6.09. The van der Waals surface area contributed by atoms with Gasteiger partial charge in [-0.1, -0.05) is 11.6 Å². The van der Waals surface area contributed by atoms with Crippen LogP contribution in [0.4, 0.5) is 0 Å². The van der Waals surface area contributed by atoms with E-state index >= 15 is 0 Å². The number of hydrogen-bond acceptors (Lipinski definition) is 3. The summed E-state index contributed by atoms with van der Waals surface area (Å²) in [5, 5.41) is 10.4. The first-order chi connectivity index (χ1) is 7.60. The molecule has 0 aliphatic heterocycles. The van der Waals surface area contributed by atoms with E-state index in [0.717, 1.165) is 11.1 Å². The van der Waals surface area contributed by atoms with Crippen molar-refractivity contribution in [3.63, 3.8) is 0 Å². The number of rotatable bonds is 5. The van der Waals surface area contributed by atoms with Gasteiger partial charge in [0.25, 0.3) is 0 Å². The lowest BCUT2D eigenvalue weighted by atomic mass is 10.0. The highest BCUT2D eigenvalue weighted by Crippen LogP contribution is 2.31. The molecule has 1 aromatic rings. The number of ether oxygens (including phenoxy) is 1. The van der Waals surface area contributed by atoms with Crippen LogP contribution in [0.2, 0.25) is 5.02 Å². The molecule has 0 radical (unpaired) electrons. The second-order valence-corrected chi connectivity index (χ2v) is 4.07. The maximum Gasteiger partial charge on any atom is 0.138 e. The number of aliphatic hydroxyl groups is 1. The van der Waals surface area contributed by atoms with Gasteiger partial charge in [-0.25, -0.2) is 0 Å². The largest absolute Gasteiger partial charge is 0.492 e. The molecule has 0 saturated carbocycles. The molecular formula is C12H18ClNO2. The summed E-state index contributed by atoms with van der Waals surface area (Å²) in [6, 6.07) is 3.60. The Morgan fingerprint density at radius 2 is 2.19 bits per heavy atom. The van der Waals surface area contributed by atoms with Gasteiger partial charge < -0.3 is 15.6 Å². The molecule has 0 bridgehead atoms. The van der Waals surface area contributed by atoms with Gasteiger partial charge in [0.2, 0.25) is 0 Å². The first-order valence-electron chi connectivity index (χ1n) is 5.41. The van der Waals surface area contributed by atoms with Gasteiger partial charge in [0.05, 0.1) is 17.7 Å². The Bertz CT molecular complexity index is 355. The van der Waals surface area contributed by atoms with Crippen LogP contribution in [0.5, 0.6) is 5.75 Å². The molecule has 0 heterocycles. The lowest BCUT2D eigenvalue weighted by Gasteiger charge is -2.15. The van der Waals surface area contributed by atoms with Crippen molar-refractivity contribution in [3.8, 4) is 5.75 Å². The predicted molar refractivity (Wildman–Crippen MR) is 66.0 cm³/mol. The third-order valence-corrected chi connectivity index (χ3v) is 2.71. The fraction of sp³-hybridized carbons (Fsp3) is 0.500. The third kappa shape index (κ3) is 3.11. The number of benzene rings is 1. The van der Waals surface area contributed by atoms with Gasteiger partial charge in [-0.2, -0.15) is 0 Å². The Morgan fingerprint density at radius 3 is 2.75 bits per heavy atom. The van der Waals surface area contributed by atoms with E-state index in [0.29, 0.717) is 30.3 Å². The number of hydrogen-bond donors (Lipinski definition) is 2. The van der Waals surface area contributed by atoms with E-state index in [1.807, 2.05) is 19.9 Å². The van der Waals surface area contributed by atoms with Crippen LogP contribution in [-0.2, 0) is 0 Å². The molecule has 0 aliphatic carbocycles. The average Bonchev–Trinajstić information content (AvgIpc) is 2.23. The van der Waals surface area contributed by atoms with Crippen LogP contribution in [0.25, 0.3) is 0 Å². The van der Waals surface area contributed by atoms with E-state index < -0.39 is 6.10 Å². The van der Waals surface area contributed by atoms with Gasteiger partial charge in [0, 0.05) is 0 Å². The van der Waals surface area contributed by atoms with Gasteiger partial charge in [0.1, 0.15) is 5.75 Å². The summed E-state index contributed by atoms with van der Waals surface area (Å²) in [4.78, 5) is 0. The normalized spacial score (nSPS) is 12.6. The second-order valence-electron chi connectivity index (χ2n) is 3.67. The van der Waals surface area contributed by atoms with Crippen molar-refractivity contribution < 1.29 is 9.84 Å². The Hall–Kier alpha value is -0.770. The van der Waals surface area contributed by atoms with Crippen LogP contribution >= 0.6 is 11.6 Å². The molecular weight excluding hydrogens is 226 g/mol. The van der Waals surface area contributed by atoms with Gasteiger partial charge in [-0.15, -0.1) is 0 Å². The molecule has 3 N–H and O–H groups in total. The molecule has 0 aliphatic rings. The Kier molecular flexibility index (Phi) is 5.06. The molecule has 0 amide bonds. The topological polar surface area (TPSA) is 55.5 Å².